The van der Waals surface area contributed by atoms with E-state index in [-0.39, 0.29) is 6.04 Å². The Morgan fingerprint density at radius 1 is 0.684 bits per heavy atom. The lowest BCUT2D eigenvalue weighted by molar-refractivity contribution is 0.211. The van der Waals surface area contributed by atoms with E-state index in [0.717, 1.165) is 59.4 Å². The highest BCUT2D eigenvalue weighted by molar-refractivity contribution is 6.31. The van der Waals surface area contributed by atoms with Gasteiger partial charge in [-0.3, -0.25) is 4.90 Å². The molecule has 0 spiro atoms. The second-order valence-corrected chi connectivity index (χ2v) is 9.99. The number of nitrogens with one attached hydrogen (secondary N) is 1. The number of fused-ring (bicyclic) bond motifs is 1. The van der Waals surface area contributed by atoms with E-state index in [1.165, 1.54) is 11.1 Å². The van der Waals surface area contributed by atoms with Gasteiger partial charge in [0.1, 0.15) is 5.82 Å². The summed E-state index contributed by atoms with van der Waals surface area (Å²) >= 11 is 6.40. The molecule has 0 atom stereocenters. The van der Waals surface area contributed by atoms with Crippen molar-refractivity contribution >= 4 is 34.3 Å². The number of para-hydroxylation sites is 1. The molecular formula is C32H30ClN5. The molecule has 0 bridgehead atoms. The third-order valence-corrected chi connectivity index (χ3v) is 7.56. The Morgan fingerprint density at radius 3 is 1.97 bits per heavy atom. The van der Waals surface area contributed by atoms with E-state index >= 15 is 0 Å². The third-order valence-electron chi connectivity index (χ3n) is 7.19. The summed E-state index contributed by atoms with van der Waals surface area (Å²) in [4.78, 5) is 14.8. The first-order valence-electron chi connectivity index (χ1n) is 13.1. The molecule has 190 valence electrons. The molecule has 1 aliphatic heterocycles. The normalized spacial score (nSPS) is 14.2. The molecule has 1 saturated heterocycles. The summed E-state index contributed by atoms with van der Waals surface area (Å²) in [6, 6.07) is 37.9. The summed E-state index contributed by atoms with van der Waals surface area (Å²) in [5.41, 5.74) is 4.62. The number of aromatic nitrogens is 2. The lowest BCUT2D eigenvalue weighted by atomic mass is 9.96. The van der Waals surface area contributed by atoms with Gasteiger partial charge in [0.2, 0.25) is 5.95 Å². The molecule has 6 rings (SSSR count). The van der Waals surface area contributed by atoms with E-state index in [9.17, 15) is 0 Å². The topological polar surface area (TPSA) is 44.3 Å². The van der Waals surface area contributed by atoms with Crippen molar-refractivity contribution in [1.29, 1.82) is 0 Å². The van der Waals surface area contributed by atoms with Crippen molar-refractivity contribution in [3.05, 3.63) is 131 Å². The van der Waals surface area contributed by atoms with Gasteiger partial charge in [-0.1, -0.05) is 103 Å². The molecule has 5 nitrogen and oxygen atoms in total. The molecule has 4 aromatic carbocycles. The Kier molecular flexibility index (Phi) is 7.20. The first kappa shape index (κ1) is 24.4. The number of hydrogen-bond donors (Lipinski definition) is 1. The van der Waals surface area contributed by atoms with Gasteiger partial charge >= 0.3 is 0 Å². The minimum absolute atomic E-state index is 0.227. The largest absolute Gasteiger partial charge is 0.365 e. The van der Waals surface area contributed by atoms with Crippen LogP contribution in [-0.2, 0) is 6.54 Å². The van der Waals surface area contributed by atoms with Crippen molar-refractivity contribution < 1.29 is 0 Å². The van der Waals surface area contributed by atoms with Gasteiger partial charge in [0.25, 0.3) is 0 Å². The molecule has 1 N–H and O–H groups in total. The number of piperazine rings is 1. The SMILES string of the molecule is Clc1ccccc1CNc1nc(N2CCN(C(c3ccccc3)c3ccccc3)CC2)nc2ccccc12. The van der Waals surface area contributed by atoms with Gasteiger partial charge in [-0.2, -0.15) is 4.98 Å². The summed E-state index contributed by atoms with van der Waals surface area (Å²) in [5, 5.41) is 5.28. The monoisotopic (exact) mass is 519 g/mol. The molecule has 0 saturated carbocycles. The van der Waals surface area contributed by atoms with Crippen LogP contribution in [0.15, 0.2) is 109 Å². The van der Waals surface area contributed by atoms with Crippen LogP contribution in [0, 0.1) is 0 Å². The second-order valence-electron chi connectivity index (χ2n) is 9.58. The molecular weight excluding hydrogens is 490 g/mol. The van der Waals surface area contributed by atoms with Crippen LogP contribution in [0.4, 0.5) is 11.8 Å². The Balaban J connectivity index is 1.24. The molecule has 1 fully saturated rings. The van der Waals surface area contributed by atoms with Crippen molar-refractivity contribution in [1.82, 2.24) is 14.9 Å². The van der Waals surface area contributed by atoms with Crippen LogP contribution in [0.1, 0.15) is 22.7 Å². The summed E-state index contributed by atoms with van der Waals surface area (Å²) < 4.78 is 0. The van der Waals surface area contributed by atoms with Crippen molar-refractivity contribution in [2.45, 2.75) is 12.6 Å². The molecule has 6 heteroatoms. The van der Waals surface area contributed by atoms with Crippen LogP contribution in [0.25, 0.3) is 10.9 Å². The number of nitrogens with zero attached hydrogens (tertiary/aromatic N) is 4. The van der Waals surface area contributed by atoms with Gasteiger partial charge in [-0.15, -0.1) is 0 Å². The number of hydrogen-bond acceptors (Lipinski definition) is 5. The molecule has 1 aromatic heterocycles. The van der Waals surface area contributed by atoms with E-state index in [1.807, 2.05) is 36.4 Å². The predicted octanol–water partition coefficient (Wildman–Crippen LogP) is 6.81. The van der Waals surface area contributed by atoms with E-state index in [2.05, 4.69) is 87.9 Å². The lowest BCUT2D eigenvalue weighted by Crippen LogP contribution is -2.48. The maximum atomic E-state index is 6.40. The Hall–Kier alpha value is -3.93. The van der Waals surface area contributed by atoms with Gasteiger partial charge in [-0.25, -0.2) is 4.98 Å². The Labute approximate surface area is 228 Å². The van der Waals surface area contributed by atoms with Crippen LogP contribution in [0.2, 0.25) is 5.02 Å². The maximum absolute atomic E-state index is 6.40. The average molecular weight is 520 g/mol. The summed E-state index contributed by atoms with van der Waals surface area (Å²) in [7, 11) is 0. The molecule has 1 aliphatic rings. The predicted molar refractivity (Wildman–Crippen MR) is 157 cm³/mol. The third kappa shape index (κ3) is 5.21. The molecule has 38 heavy (non-hydrogen) atoms. The number of benzene rings is 4. The highest BCUT2D eigenvalue weighted by Gasteiger charge is 2.27. The molecule has 0 aliphatic carbocycles. The van der Waals surface area contributed by atoms with Crippen LogP contribution in [0.5, 0.6) is 0 Å². The highest BCUT2D eigenvalue weighted by atomic mass is 35.5. The van der Waals surface area contributed by atoms with Crippen LogP contribution in [0.3, 0.4) is 0 Å². The van der Waals surface area contributed by atoms with Crippen molar-refractivity contribution in [2.24, 2.45) is 0 Å². The van der Waals surface area contributed by atoms with Gasteiger partial charge < -0.3 is 10.2 Å². The Morgan fingerprint density at radius 2 is 1.29 bits per heavy atom. The molecule has 2 heterocycles. The number of halogens is 1. The zero-order valence-electron chi connectivity index (χ0n) is 21.2. The fourth-order valence-electron chi connectivity index (χ4n) is 5.23. The standard InChI is InChI=1S/C32H30ClN5/c33-28-17-9-7-15-26(28)23-34-31-27-16-8-10-18-29(27)35-32(36-31)38-21-19-37(20-22-38)30(24-11-3-1-4-12-24)25-13-5-2-6-14-25/h1-18,30H,19-23H2,(H,34,35,36). The molecule has 5 aromatic rings. The molecule has 0 radical (unpaired) electrons. The van der Waals surface area contributed by atoms with E-state index in [4.69, 9.17) is 21.6 Å². The van der Waals surface area contributed by atoms with Gasteiger partial charge in [0, 0.05) is 43.1 Å². The molecule has 0 amide bonds. The second kappa shape index (κ2) is 11.2. The molecule has 0 unspecified atom stereocenters. The van der Waals surface area contributed by atoms with E-state index in [0.29, 0.717) is 6.54 Å². The van der Waals surface area contributed by atoms with Gasteiger partial charge in [0.05, 0.1) is 11.6 Å². The minimum Gasteiger partial charge on any atom is -0.365 e. The zero-order valence-corrected chi connectivity index (χ0v) is 21.9. The zero-order chi connectivity index (χ0) is 25.7. The van der Waals surface area contributed by atoms with E-state index in [1.54, 1.807) is 0 Å². The first-order valence-corrected chi connectivity index (χ1v) is 13.5. The maximum Gasteiger partial charge on any atom is 0.227 e. The van der Waals surface area contributed by atoms with Crippen LogP contribution < -0.4 is 10.2 Å². The smallest absolute Gasteiger partial charge is 0.227 e. The first-order chi connectivity index (χ1) is 18.8. The summed E-state index contributed by atoms with van der Waals surface area (Å²) in [6.07, 6.45) is 0. The lowest BCUT2D eigenvalue weighted by Gasteiger charge is -2.40. The van der Waals surface area contributed by atoms with Crippen molar-refractivity contribution in [3.63, 3.8) is 0 Å². The summed E-state index contributed by atoms with van der Waals surface area (Å²) in [6.45, 7) is 4.17. The number of anilines is 2. The van der Waals surface area contributed by atoms with Crippen LogP contribution in [-0.4, -0.2) is 41.0 Å². The highest BCUT2D eigenvalue weighted by Crippen LogP contribution is 2.31. The average Bonchev–Trinajstić information content (AvgIpc) is 2.98. The minimum atomic E-state index is 0.227. The van der Waals surface area contributed by atoms with Gasteiger partial charge in [0.15, 0.2) is 0 Å². The summed E-state index contributed by atoms with van der Waals surface area (Å²) in [5.74, 6) is 1.60. The van der Waals surface area contributed by atoms with Crippen molar-refractivity contribution in [2.75, 3.05) is 36.4 Å². The fraction of sp³-hybridized carbons (Fsp3) is 0.188. The Bertz CT molecular complexity index is 1460. The van der Waals surface area contributed by atoms with Gasteiger partial charge in [-0.05, 0) is 34.9 Å². The quantitative estimate of drug-likeness (QED) is 0.256. The fourth-order valence-corrected chi connectivity index (χ4v) is 5.43. The number of rotatable bonds is 7. The van der Waals surface area contributed by atoms with Crippen molar-refractivity contribution in [3.8, 4) is 0 Å². The van der Waals surface area contributed by atoms with E-state index < -0.39 is 0 Å². The van der Waals surface area contributed by atoms with Crippen LogP contribution >= 0.6 is 11.6 Å².